The third kappa shape index (κ3) is 2.40. The molecule has 7 heteroatoms. The van der Waals surface area contributed by atoms with Crippen LogP contribution in [0.3, 0.4) is 0 Å². The maximum absolute atomic E-state index is 12.2. The van der Waals surface area contributed by atoms with Crippen LogP contribution >= 0.6 is 11.3 Å². The average Bonchev–Trinajstić information content (AvgIpc) is 3.08. The number of rotatable bonds is 3. The van der Waals surface area contributed by atoms with Crippen molar-refractivity contribution in [3.05, 3.63) is 64.0 Å². The van der Waals surface area contributed by atoms with E-state index in [2.05, 4.69) is 15.3 Å². The van der Waals surface area contributed by atoms with Crippen LogP contribution in [-0.4, -0.2) is 21.1 Å². The lowest BCUT2D eigenvalue weighted by molar-refractivity contribution is -0.112. The van der Waals surface area contributed by atoms with Gasteiger partial charge in [-0.3, -0.25) is 4.79 Å². The van der Waals surface area contributed by atoms with Crippen molar-refractivity contribution in [1.82, 2.24) is 4.98 Å². The molecule has 0 radical (unpaired) electrons. The molecule has 118 valence electrons. The number of benzene rings is 2. The van der Waals surface area contributed by atoms with E-state index in [0.717, 1.165) is 0 Å². The van der Waals surface area contributed by atoms with E-state index >= 15 is 0 Å². The number of para-hydroxylation sites is 1. The van der Waals surface area contributed by atoms with Gasteiger partial charge in [0.05, 0.1) is 10.9 Å². The van der Waals surface area contributed by atoms with E-state index in [1.807, 2.05) is 12.1 Å². The minimum atomic E-state index is -0.383. The quantitative estimate of drug-likeness (QED) is 0.632. The van der Waals surface area contributed by atoms with E-state index in [9.17, 15) is 15.0 Å². The zero-order valence-electron chi connectivity index (χ0n) is 12.2. The van der Waals surface area contributed by atoms with Crippen molar-refractivity contribution in [2.24, 2.45) is 4.99 Å². The van der Waals surface area contributed by atoms with Gasteiger partial charge in [0.1, 0.15) is 10.6 Å². The molecule has 3 aromatic rings. The molecule has 0 spiro atoms. The molecule has 0 unspecified atom stereocenters. The van der Waals surface area contributed by atoms with Gasteiger partial charge < -0.3 is 15.5 Å². The summed E-state index contributed by atoms with van der Waals surface area (Å²) in [5, 5.41) is 24.2. The Balaban J connectivity index is 1.76. The number of hydrogen-bond acceptors (Lipinski definition) is 6. The summed E-state index contributed by atoms with van der Waals surface area (Å²) in [6.45, 7) is 0. The van der Waals surface area contributed by atoms with Gasteiger partial charge in [0.2, 0.25) is 5.88 Å². The highest BCUT2D eigenvalue weighted by Crippen LogP contribution is 2.35. The lowest BCUT2D eigenvalue weighted by Gasteiger charge is -2.01. The third-order valence-electron chi connectivity index (χ3n) is 3.56. The van der Waals surface area contributed by atoms with Gasteiger partial charge >= 0.3 is 0 Å². The first-order valence-corrected chi connectivity index (χ1v) is 7.92. The fourth-order valence-electron chi connectivity index (χ4n) is 2.48. The van der Waals surface area contributed by atoms with Crippen LogP contribution in [0.15, 0.2) is 53.5 Å². The summed E-state index contributed by atoms with van der Waals surface area (Å²) < 4.78 is 0. The first-order valence-electron chi connectivity index (χ1n) is 7.10. The number of phenols is 1. The molecular weight excluding hydrogens is 326 g/mol. The number of carbonyl (C=O) groups excluding carboxylic acids is 1. The Morgan fingerprint density at radius 3 is 2.54 bits per heavy atom. The molecule has 1 aromatic heterocycles. The summed E-state index contributed by atoms with van der Waals surface area (Å²) >= 11 is 1.17. The normalized spacial score (nSPS) is 12.8. The second kappa shape index (κ2) is 5.47. The van der Waals surface area contributed by atoms with Gasteiger partial charge in [0.25, 0.3) is 5.91 Å². The summed E-state index contributed by atoms with van der Waals surface area (Å²) in [5.74, 6) is -0.434. The highest BCUT2D eigenvalue weighted by molar-refractivity contribution is 7.17. The Morgan fingerprint density at radius 2 is 1.75 bits per heavy atom. The maximum atomic E-state index is 12.2. The zero-order chi connectivity index (χ0) is 16.7. The number of thiazole rings is 1. The lowest BCUT2D eigenvalue weighted by Crippen LogP contribution is -2.22. The fraction of sp³-hybridized carbons (Fsp3) is 0. The van der Waals surface area contributed by atoms with Crippen molar-refractivity contribution in [2.45, 2.75) is 0 Å². The first kappa shape index (κ1) is 14.4. The van der Waals surface area contributed by atoms with Crippen LogP contribution < -0.4 is 15.9 Å². The van der Waals surface area contributed by atoms with Crippen molar-refractivity contribution in [3.8, 4) is 11.6 Å². The molecule has 4 rings (SSSR count). The number of anilines is 2. The van der Waals surface area contributed by atoms with Crippen molar-refractivity contribution in [1.29, 1.82) is 0 Å². The van der Waals surface area contributed by atoms with Crippen molar-refractivity contribution in [2.75, 3.05) is 5.32 Å². The van der Waals surface area contributed by atoms with Gasteiger partial charge in [-0.05, 0) is 30.3 Å². The van der Waals surface area contributed by atoms with E-state index in [0.29, 0.717) is 31.8 Å². The predicted molar refractivity (Wildman–Crippen MR) is 89.9 cm³/mol. The Morgan fingerprint density at radius 1 is 1.00 bits per heavy atom. The van der Waals surface area contributed by atoms with Gasteiger partial charge in [0.15, 0.2) is 5.13 Å². The molecule has 1 aliphatic heterocycles. The number of nitrogens with one attached hydrogen (secondary N) is 1. The van der Waals surface area contributed by atoms with Crippen LogP contribution in [0.25, 0.3) is 5.57 Å². The average molecular weight is 337 g/mol. The number of amides is 1. The molecule has 0 atom stereocenters. The minimum absolute atomic E-state index is 0.161. The summed E-state index contributed by atoms with van der Waals surface area (Å²) in [5.41, 5.74) is 1.07. The van der Waals surface area contributed by atoms with Gasteiger partial charge in [0, 0.05) is 10.9 Å². The van der Waals surface area contributed by atoms with Crippen LogP contribution in [0.2, 0.25) is 0 Å². The minimum Gasteiger partial charge on any atom is -0.508 e. The van der Waals surface area contributed by atoms with Crippen molar-refractivity contribution < 1.29 is 15.0 Å². The molecule has 1 amide bonds. The molecule has 2 aromatic carbocycles. The van der Waals surface area contributed by atoms with Crippen molar-refractivity contribution in [3.63, 3.8) is 0 Å². The molecule has 0 fully saturated rings. The summed E-state index contributed by atoms with van der Waals surface area (Å²) in [6, 6.07) is 13.6. The van der Waals surface area contributed by atoms with E-state index in [1.54, 1.807) is 36.4 Å². The number of phenolic OH excluding ortho intramolecular Hbond substituents is 1. The number of aromatic nitrogens is 1. The third-order valence-corrected chi connectivity index (χ3v) is 4.54. The van der Waals surface area contributed by atoms with E-state index in [-0.39, 0.29) is 17.5 Å². The number of nitrogens with zero attached hydrogens (tertiary/aromatic N) is 2. The summed E-state index contributed by atoms with van der Waals surface area (Å²) in [6.07, 6.45) is 0. The monoisotopic (exact) mass is 337 g/mol. The molecule has 0 saturated heterocycles. The summed E-state index contributed by atoms with van der Waals surface area (Å²) in [4.78, 5) is 20.7. The smallest absolute Gasteiger partial charge is 0.279 e. The predicted octanol–water partition coefficient (Wildman–Crippen LogP) is 1.66. The van der Waals surface area contributed by atoms with Gasteiger partial charge in [-0.1, -0.05) is 29.5 Å². The van der Waals surface area contributed by atoms with Crippen molar-refractivity contribution >= 4 is 33.6 Å². The van der Waals surface area contributed by atoms with E-state index in [4.69, 9.17) is 0 Å². The number of carbonyl (C=O) groups is 1. The molecule has 24 heavy (non-hydrogen) atoms. The molecule has 0 aliphatic carbocycles. The second-order valence-electron chi connectivity index (χ2n) is 5.15. The Labute approximate surface area is 140 Å². The Kier molecular flexibility index (Phi) is 3.28. The largest absolute Gasteiger partial charge is 0.508 e. The number of hydrogen-bond donors (Lipinski definition) is 3. The van der Waals surface area contributed by atoms with Gasteiger partial charge in [-0.2, -0.15) is 4.98 Å². The summed E-state index contributed by atoms with van der Waals surface area (Å²) in [7, 11) is 0. The lowest BCUT2D eigenvalue weighted by atomic mass is 10.1. The number of aromatic hydroxyl groups is 2. The maximum Gasteiger partial charge on any atom is 0.279 e. The molecule has 1 aliphatic rings. The fourth-order valence-corrected chi connectivity index (χ4v) is 3.41. The SMILES string of the molecule is O=C1N=c2ccccc2=C1c1sc(Nc2ccc(O)cc2)nc1O. The van der Waals surface area contributed by atoms with Crippen LogP contribution in [-0.2, 0) is 4.79 Å². The molecule has 2 heterocycles. The van der Waals surface area contributed by atoms with Gasteiger partial charge in [-0.15, -0.1) is 0 Å². The standard InChI is InChI=1S/C17H11N3O3S/c21-10-7-5-9(6-8-10)18-17-20-16(23)14(24-17)13-11-3-1-2-4-12(11)19-15(13)22/h1-8,21,23H,(H,18,20). The van der Waals surface area contributed by atoms with Crippen LogP contribution in [0.4, 0.5) is 10.8 Å². The number of fused-ring (bicyclic) bond motifs is 1. The van der Waals surface area contributed by atoms with Crippen LogP contribution in [0, 0.1) is 0 Å². The molecule has 3 N–H and O–H groups in total. The van der Waals surface area contributed by atoms with E-state index in [1.165, 1.54) is 11.3 Å². The second-order valence-corrected chi connectivity index (χ2v) is 6.15. The highest BCUT2D eigenvalue weighted by atomic mass is 32.1. The first-order chi connectivity index (χ1) is 11.6. The van der Waals surface area contributed by atoms with Crippen LogP contribution in [0.1, 0.15) is 4.88 Å². The molecule has 0 bridgehead atoms. The topological polar surface area (TPSA) is 94.8 Å². The van der Waals surface area contributed by atoms with E-state index < -0.39 is 0 Å². The highest BCUT2D eigenvalue weighted by Gasteiger charge is 2.24. The van der Waals surface area contributed by atoms with Crippen LogP contribution in [0.5, 0.6) is 11.6 Å². The molecule has 6 nitrogen and oxygen atoms in total. The zero-order valence-corrected chi connectivity index (χ0v) is 13.0. The van der Waals surface area contributed by atoms with Gasteiger partial charge in [-0.25, -0.2) is 4.99 Å². The Hall–Kier alpha value is -3.19. The molecular formula is C17H11N3O3S. The molecule has 0 saturated carbocycles. The Bertz CT molecular complexity index is 1070.